The Bertz CT molecular complexity index is 974. The molecule has 10 heteroatoms. The van der Waals surface area contributed by atoms with Gasteiger partial charge < -0.3 is 24.3 Å². The molecule has 0 bridgehead atoms. The van der Waals surface area contributed by atoms with Crippen LogP contribution in [0.5, 0.6) is 11.5 Å². The zero-order chi connectivity index (χ0) is 22.1. The number of halogens is 1. The van der Waals surface area contributed by atoms with Crippen molar-refractivity contribution in [3.05, 3.63) is 38.0 Å². The summed E-state index contributed by atoms with van der Waals surface area (Å²) in [4.78, 5) is 0. The van der Waals surface area contributed by atoms with Crippen molar-refractivity contribution in [2.75, 3.05) is 26.6 Å². The van der Waals surface area contributed by atoms with E-state index < -0.39 is 28.3 Å². The molecule has 164 valence electrons. The van der Waals surface area contributed by atoms with Crippen molar-refractivity contribution in [2.24, 2.45) is 0 Å². The molecule has 0 spiro atoms. The third-order valence-corrected chi connectivity index (χ3v) is 8.34. The van der Waals surface area contributed by atoms with E-state index in [2.05, 4.69) is 22.6 Å². The van der Waals surface area contributed by atoms with Crippen LogP contribution < -0.4 is 4.74 Å². The molecule has 0 radical (unpaired) electrons. The second-order valence-corrected chi connectivity index (χ2v) is 11.0. The maximum absolute atomic E-state index is 12.6. The number of ether oxygens (including phenoxy) is 2. The smallest absolute Gasteiger partial charge is 0.456 e. The minimum absolute atomic E-state index is 0.0337. The number of sulfone groups is 1. The van der Waals surface area contributed by atoms with E-state index in [-0.39, 0.29) is 24.4 Å². The van der Waals surface area contributed by atoms with Gasteiger partial charge in [0, 0.05) is 13.4 Å². The largest absolute Gasteiger partial charge is 0.504 e. The molecule has 1 fully saturated rings. The number of fused-ring (bicyclic) bond motifs is 1. The highest BCUT2D eigenvalue weighted by molar-refractivity contribution is 14.1. The van der Waals surface area contributed by atoms with E-state index in [1.54, 1.807) is 13.2 Å². The average molecular weight is 548 g/mol. The molecular formula is C20H26BIO7S. The van der Waals surface area contributed by atoms with Crippen LogP contribution in [0.25, 0.3) is 6.08 Å². The van der Waals surface area contributed by atoms with Crippen molar-refractivity contribution in [1.29, 1.82) is 0 Å². The summed E-state index contributed by atoms with van der Waals surface area (Å²) >= 11 is 2.05. The number of hydrogen-bond acceptors (Lipinski definition) is 7. The second kappa shape index (κ2) is 9.60. The van der Waals surface area contributed by atoms with Gasteiger partial charge in [0.05, 0.1) is 34.4 Å². The molecule has 0 aromatic heterocycles. The standard InChI is InChI=1S/C20H26BIO7S/c1-12(6-13-7-15(22)20(23)17(8-13)28-3)4-5-16-19-14(10-27-2)11-30(25,26)18(19)9-21(24)29-16/h6-8,16,18,23-24H,4-5,9-11H2,1-3H3/b12-6+/t16-,18+/m1/s1. The Balaban J connectivity index is 1.79. The predicted molar refractivity (Wildman–Crippen MR) is 124 cm³/mol. The third-order valence-electron chi connectivity index (χ3n) is 5.45. The first-order valence-corrected chi connectivity index (χ1v) is 12.4. The predicted octanol–water partition coefficient (Wildman–Crippen LogP) is 2.81. The number of rotatable bonds is 7. The van der Waals surface area contributed by atoms with Crippen LogP contribution in [0.4, 0.5) is 0 Å². The summed E-state index contributed by atoms with van der Waals surface area (Å²) in [6, 6.07) is 3.63. The molecule has 2 heterocycles. The van der Waals surface area contributed by atoms with E-state index in [9.17, 15) is 18.5 Å². The summed E-state index contributed by atoms with van der Waals surface area (Å²) in [6.07, 6.45) is 2.83. The number of hydrogen-bond donors (Lipinski definition) is 2. The molecule has 3 rings (SSSR count). The maximum atomic E-state index is 12.6. The van der Waals surface area contributed by atoms with Crippen LogP contribution in [-0.4, -0.2) is 63.6 Å². The summed E-state index contributed by atoms with van der Waals surface area (Å²) < 4.78 is 42.0. The van der Waals surface area contributed by atoms with Gasteiger partial charge in [-0.25, -0.2) is 8.42 Å². The van der Waals surface area contributed by atoms with Crippen molar-refractivity contribution < 1.29 is 32.7 Å². The molecule has 30 heavy (non-hydrogen) atoms. The fraction of sp³-hybridized carbons (Fsp3) is 0.500. The molecule has 1 saturated heterocycles. The van der Waals surface area contributed by atoms with Gasteiger partial charge in [0.15, 0.2) is 21.3 Å². The highest BCUT2D eigenvalue weighted by atomic mass is 127. The Labute approximate surface area is 191 Å². The van der Waals surface area contributed by atoms with E-state index in [4.69, 9.17) is 14.1 Å². The summed E-state index contributed by atoms with van der Waals surface area (Å²) in [5.41, 5.74) is 3.47. The molecule has 1 aromatic rings. The van der Waals surface area contributed by atoms with E-state index in [0.29, 0.717) is 22.2 Å². The van der Waals surface area contributed by atoms with Gasteiger partial charge in [-0.15, -0.1) is 0 Å². The molecule has 2 aliphatic heterocycles. The van der Waals surface area contributed by atoms with E-state index in [1.165, 1.54) is 7.11 Å². The van der Waals surface area contributed by atoms with Crippen LogP contribution in [0.15, 0.2) is 28.9 Å². The monoisotopic (exact) mass is 548 g/mol. The van der Waals surface area contributed by atoms with E-state index in [0.717, 1.165) is 22.3 Å². The number of aromatic hydroxyl groups is 1. The fourth-order valence-electron chi connectivity index (χ4n) is 4.13. The Hall–Kier alpha value is -1.08. The first-order valence-electron chi connectivity index (χ1n) is 9.65. The molecule has 2 atom stereocenters. The lowest BCUT2D eigenvalue weighted by molar-refractivity contribution is 0.166. The van der Waals surface area contributed by atoms with Gasteiger partial charge in [-0.3, -0.25) is 0 Å². The van der Waals surface area contributed by atoms with Crippen LogP contribution in [-0.2, 0) is 19.2 Å². The maximum Gasteiger partial charge on any atom is 0.456 e. The Morgan fingerprint density at radius 2 is 2.13 bits per heavy atom. The van der Waals surface area contributed by atoms with Crippen molar-refractivity contribution >= 4 is 45.6 Å². The zero-order valence-electron chi connectivity index (χ0n) is 17.2. The lowest BCUT2D eigenvalue weighted by atomic mass is 9.74. The highest BCUT2D eigenvalue weighted by Crippen LogP contribution is 2.40. The second-order valence-electron chi connectivity index (χ2n) is 7.69. The third kappa shape index (κ3) is 5.04. The molecule has 0 saturated carbocycles. The highest BCUT2D eigenvalue weighted by Gasteiger charge is 2.48. The minimum atomic E-state index is -3.34. The molecule has 0 aliphatic carbocycles. The molecule has 2 N–H and O–H groups in total. The van der Waals surface area contributed by atoms with Crippen molar-refractivity contribution in [3.63, 3.8) is 0 Å². The quantitative estimate of drug-likeness (QED) is 0.307. The van der Waals surface area contributed by atoms with Gasteiger partial charge in [-0.05, 0) is 71.2 Å². The summed E-state index contributed by atoms with van der Waals surface area (Å²) in [5.74, 6) is 0.491. The Morgan fingerprint density at radius 1 is 1.40 bits per heavy atom. The van der Waals surface area contributed by atoms with Crippen LogP contribution >= 0.6 is 22.6 Å². The molecule has 1 aromatic carbocycles. The van der Waals surface area contributed by atoms with Crippen LogP contribution in [0, 0.1) is 3.57 Å². The van der Waals surface area contributed by atoms with Crippen LogP contribution in [0.1, 0.15) is 25.3 Å². The van der Waals surface area contributed by atoms with Crippen LogP contribution in [0.3, 0.4) is 0 Å². The number of benzene rings is 1. The van der Waals surface area contributed by atoms with Crippen molar-refractivity contribution in [3.8, 4) is 11.5 Å². The van der Waals surface area contributed by atoms with Gasteiger partial charge in [0.1, 0.15) is 0 Å². The van der Waals surface area contributed by atoms with E-state index >= 15 is 0 Å². The number of methoxy groups -OCH3 is 2. The van der Waals surface area contributed by atoms with Crippen molar-refractivity contribution in [1.82, 2.24) is 0 Å². The number of phenols is 1. The summed E-state index contributed by atoms with van der Waals surface area (Å²) in [6.45, 7) is 2.24. The summed E-state index contributed by atoms with van der Waals surface area (Å²) in [5, 5.41) is 19.4. The Kier molecular flexibility index (Phi) is 7.55. The molecular weight excluding hydrogens is 522 g/mol. The van der Waals surface area contributed by atoms with Crippen molar-refractivity contribution in [2.45, 2.75) is 37.4 Å². The molecule has 0 unspecified atom stereocenters. The van der Waals surface area contributed by atoms with Crippen LogP contribution in [0.2, 0.25) is 6.32 Å². The van der Waals surface area contributed by atoms with Gasteiger partial charge in [-0.2, -0.15) is 0 Å². The average Bonchev–Trinajstić information content (AvgIpc) is 2.93. The van der Waals surface area contributed by atoms with Gasteiger partial charge in [0.25, 0.3) is 0 Å². The fourth-order valence-corrected chi connectivity index (χ4v) is 6.85. The molecule has 7 nitrogen and oxygen atoms in total. The van der Waals surface area contributed by atoms with E-state index in [1.807, 2.05) is 19.1 Å². The van der Waals surface area contributed by atoms with Gasteiger partial charge in [0.2, 0.25) is 0 Å². The number of phenolic OH excluding ortho intramolecular Hbond substituents is 1. The SMILES string of the molecule is COCC1=C2[C@@H](CC/C(C)=C/c3cc(I)c(O)c(OC)c3)OB(O)C[C@@H]2S(=O)(=O)C1. The number of allylic oxidation sites excluding steroid dienone is 1. The Morgan fingerprint density at radius 3 is 2.80 bits per heavy atom. The normalized spacial score (nSPS) is 23.6. The lowest BCUT2D eigenvalue weighted by Crippen LogP contribution is -2.42. The first-order chi connectivity index (χ1) is 14.2. The summed E-state index contributed by atoms with van der Waals surface area (Å²) in [7, 11) is -1.37. The molecule has 2 aliphatic rings. The van der Waals surface area contributed by atoms with Gasteiger partial charge >= 0.3 is 7.12 Å². The topological polar surface area (TPSA) is 102 Å². The van der Waals surface area contributed by atoms with Gasteiger partial charge in [-0.1, -0.05) is 11.6 Å². The first kappa shape index (κ1) is 23.6. The zero-order valence-corrected chi connectivity index (χ0v) is 20.2. The lowest BCUT2D eigenvalue weighted by Gasteiger charge is -2.32. The minimum Gasteiger partial charge on any atom is -0.504 e. The molecule has 0 amide bonds.